The Hall–Kier alpha value is -3.67. The van der Waals surface area contributed by atoms with Crippen LogP contribution in [-0.4, -0.2) is 27.8 Å². The summed E-state index contributed by atoms with van der Waals surface area (Å²) in [6.07, 6.45) is 0.620. The smallest absolute Gasteiger partial charge is 0.339 e. The van der Waals surface area contributed by atoms with E-state index < -0.39 is 17.6 Å². The van der Waals surface area contributed by atoms with Gasteiger partial charge >= 0.3 is 5.97 Å². The van der Waals surface area contributed by atoms with Crippen molar-refractivity contribution >= 4 is 33.6 Å². The fourth-order valence-corrected chi connectivity index (χ4v) is 3.15. The molecule has 0 aliphatic carbocycles. The van der Waals surface area contributed by atoms with E-state index in [1.807, 2.05) is 24.3 Å². The van der Waals surface area contributed by atoms with Crippen LogP contribution in [0.15, 0.2) is 65.6 Å². The molecule has 0 unspecified atom stereocenters. The molecule has 0 fully saturated rings. The van der Waals surface area contributed by atoms with Gasteiger partial charge in [0.25, 0.3) is 0 Å². The predicted octanol–water partition coefficient (Wildman–Crippen LogP) is 3.44. The van der Waals surface area contributed by atoms with Crippen LogP contribution in [0.4, 0.5) is 0 Å². The molecule has 2 N–H and O–H groups in total. The minimum atomic E-state index is -0.991. The average molecular weight is 360 g/mol. The molecule has 6 heteroatoms. The van der Waals surface area contributed by atoms with Gasteiger partial charge in [0.1, 0.15) is 0 Å². The van der Waals surface area contributed by atoms with Gasteiger partial charge in [-0.15, -0.1) is 0 Å². The number of nitrogens with one attached hydrogen (secondary N) is 2. The zero-order chi connectivity index (χ0) is 19.0. The molecule has 4 aromatic rings. The number of esters is 1. The number of ketones is 1. The largest absolute Gasteiger partial charge is 0.451 e. The fraction of sp³-hybridized carbons (Fsp3) is 0.0952. The number of pyridine rings is 1. The summed E-state index contributed by atoms with van der Waals surface area (Å²) in [6, 6.07) is 15.5. The molecule has 0 aliphatic rings. The lowest BCUT2D eigenvalue weighted by Gasteiger charge is -2.13. The summed E-state index contributed by atoms with van der Waals surface area (Å²) in [6.45, 7) is 1.53. The molecule has 0 saturated carbocycles. The third-order valence-corrected chi connectivity index (χ3v) is 4.48. The number of carbonyl (C=O) groups excluding carboxylic acids is 2. The molecule has 2 heterocycles. The summed E-state index contributed by atoms with van der Waals surface area (Å²) < 4.78 is 5.38. The molecule has 2 aromatic heterocycles. The van der Waals surface area contributed by atoms with Crippen molar-refractivity contribution in [1.82, 2.24) is 9.97 Å². The first kappa shape index (κ1) is 16.8. The van der Waals surface area contributed by atoms with Crippen molar-refractivity contribution in [3.63, 3.8) is 0 Å². The summed E-state index contributed by atoms with van der Waals surface area (Å²) in [5, 5.41) is 1.33. The number of hydrogen-bond donors (Lipinski definition) is 2. The zero-order valence-electron chi connectivity index (χ0n) is 14.5. The van der Waals surface area contributed by atoms with Crippen LogP contribution in [0, 0.1) is 0 Å². The minimum absolute atomic E-state index is 0.132. The second kappa shape index (κ2) is 6.57. The van der Waals surface area contributed by atoms with Crippen molar-refractivity contribution in [2.45, 2.75) is 13.0 Å². The van der Waals surface area contributed by atoms with Crippen LogP contribution in [0.2, 0.25) is 0 Å². The number of aromatic amines is 2. The van der Waals surface area contributed by atoms with E-state index in [9.17, 15) is 14.4 Å². The molecule has 4 rings (SSSR count). The highest BCUT2D eigenvalue weighted by Crippen LogP contribution is 2.21. The lowest BCUT2D eigenvalue weighted by molar-refractivity contribution is 0.0321. The maximum Gasteiger partial charge on any atom is 0.339 e. The Kier molecular flexibility index (Phi) is 4.08. The van der Waals surface area contributed by atoms with Gasteiger partial charge < -0.3 is 14.7 Å². The van der Waals surface area contributed by atoms with Gasteiger partial charge in [-0.1, -0.05) is 36.4 Å². The molecule has 0 saturated heterocycles. The molecule has 27 heavy (non-hydrogen) atoms. The van der Waals surface area contributed by atoms with Gasteiger partial charge in [-0.3, -0.25) is 9.59 Å². The molecule has 134 valence electrons. The molecule has 0 spiro atoms. The lowest BCUT2D eigenvalue weighted by Crippen LogP contribution is -2.25. The summed E-state index contributed by atoms with van der Waals surface area (Å²) >= 11 is 0. The summed E-state index contributed by atoms with van der Waals surface area (Å²) in [5.74, 6) is -1.02. The van der Waals surface area contributed by atoms with Crippen molar-refractivity contribution < 1.29 is 14.3 Å². The van der Waals surface area contributed by atoms with E-state index in [1.165, 1.54) is 13.0 Å². The first-order valence-electron chi connectivity index (χ1n) is 8.48. The van der Waals surface area contributed by atoms with Crippen LogP contribution >= 0.6 is 0 Å². The molecule has 1 atom stereocenters. The number of benzene rings is 2. The van der Waals surface area contributed by atoms with Crippen molar-refractivity contribution in [2.75, 3.05) is 0 Å². The van der Waals surface area contributed by atoms with Gasteiger partial charge in [-0.25, -0.2) is 4.79 Å². The Morgan fingerprint density at radius 2 is 1.56 bits per heavy atom. The van der Waals surface area contributed by atoms with E-state index in [-0.39, 0.29) is 11.3 Å². The number of Topliss-reactive ketones (excluding diaryl/α,β-unsaturated/α-hetero) is 1. The third kappa shape index (κ3) is 3.01. The number of rotatable bonds is 4. The van der Waals surface area contributed by atoms with E-state index in [2.05, 4.69) is 9.97 Å². The number of carbonyl (C=O) groups is 2. The van der Waals surface area contributed by atoms with Crippen LogP contribution in [0.1, 0.15) is 27.6 Å². The quantitative estimate of drug-likeness (QED) is 0.431. The normalized spacial score (nSPS) is 12.2. The molecular formula is C21H16N2O4. The van der Waals surface area contributed by atoms with Gasteiger partial charge in [-0.2, -0.15) is 0 Å². The number of H-pyrrole nitrogens is 2. The molecule has 0 amide bonds. The van der Waals surface area contributed by atoms with Gasteiger partial charge in [0, 0.05) is 39.6 Å². The molecule has 0 bridgehead atoms. The molecule has 6 nitrogen and oxygen atoms in total. The second-order valence-electron chi connectivity index (χ2n) is 6.25. The van der Waals surface area contributed by atoms with E-state index in [1.54, 1.807) is 30.5 Å². The van der Waals surface area contributed by atoms with Crippen LogP contribution in [0.3, 0.4) is 0 Å². The number of fused-ring (bicyclic) bond motifs is 2. The summed E-state index contributed by atoms with van der Waals surface area (Å²) in [4.78, 5) is 42.9. The number of hydrogen-bond acceptors (Lipinski definition) is 4. The Morgan fingerprint density at radius 3 is 2.30 bits per heavy atom. The third-order valence-electron chi connectivity index (χ3n) is 4.48. The van der Waals surface area contributed by atoms with Crippen molar-refractivity contribution in [1.29, 1.82) is 0 Å². The monoisotopic (exact) mass is 360 g/mol. The lowest BCUT2D eigenvalue weighted by atomic mass is 10.1. The number of para-hydroxylation sites is 2. The van der Waals surface area contributed by atoms with E-state index in [0.29, 0.717) is 16.5 Å². The topological polar surface area (TPSA) is 92.0 Å². The van der Waals surface area contributed by atoms with E-state index in [4.69, 9.17) is 4.74 Å². The van der Waals surface area contributed by atoms with Crippen molar-refractivity contribution in [2.24, 2.45) is 0 Å². The predicted molar refractivity (Wildman–Crippen MR) is 102 cm³/mol. The second-order valence-corrected chi connectivity index (χ2v) is 6.25. The first-order chi connectivity index (χ1) is 13.0. The Labute approximate surface area is 153 Å². The first-order valence-corrected chi connectivity index (χ1v) is 8.48. The van der Waals surface area contributed by atoms with Crippen LogP contribution in [0.25, 0.3) is 21.8 Å². The van der Waals surface area contributed by atoms with Gasteiger partial charge in [0.2, 0.25) is 11.3 Å². The molecule has 2 aromatic carbocycles. The van der Waals surface area contributed by atoms with Gasteiger partial charge in [-0.05, 0) is 19.1 Å². The standard InChI is InChI=1S/C21H16N2O4/c1-12(20(25)16-11-22-17-8-4-2-7-14(16)17)27-21(26)15-10-19(24)23-18-9-5-3-6-13(15)18/h2-12,22H,1H3,(H,23,24)/t12-/m1/s1. The number of aromatic nitrogens is 2. The Balaban J connectivity index is 1.63. The molecular weight excluding hydrogens is 344 g/mol. The summed E-state index contributed by atoms with van der Waals surface area (Å²) in [5.41, 5.74) is 1.55. The van der Waals surface area contributed by atoms with E-state index in [0.717, 1.165) is 10.9 Å². The zero-order valence-corrected chi connectivity index (χ0v) is 14.5. The highest BCUT2D eigenvalue weighted by molar-refractivity contribution is 6.11. The Morgan fingerprint density at radius 1 is 0.926 bits per heavy atom. The van der Waals surface area contributed by atoms with Gasteiger partial charge in [0.15, 0.2) is 6.10 Å². The maximum atomic E-state index is 12.8. The SMILES string of the molecule is C[C@@H](OC(=O)c1cc(=O)[nH]c2ccccc12)C(=O)c1c[nH]c2ccccc12. The van der Waals surface area contributed by atoms with Crippen LogP contribution in [0.5, 0.6) is 0 Å². The van der Waals surface area contributed by atoms with Gasteiger partial charge in [0.05, 0.1) is 5.56 Å². The van der Waals surface area contributed by atoms with Crippen molar-refractivity contribution in [3.05, 3.63) is 82.3 Å². The number of ether oxygens (including phenoxy) is 1. The molecule has 0 radical (unpaired) electrons. The fourth-order valence-electron chi connectivity index (χ4n) is 3.15. The average Bonchev–Trinajstić information content (AvgIpc) is 3.10. The minimum Gasteiger partial charge on any atom is -0.451 e. The highest BCUT2D eigenvalue weighted by Gasteiger charge is 2.24. The van der Waals surface area contributed by atoms with Crippen molar-refractivity contribution in [3.8, 4) is 0 Å². The Bertz CT molecular complexity index is 1240. The van der Waals surface area contributed by atoms with Crippen LogP contribution in [-0.2, 0) is 4.74 Å². The van der Waals surface area contributed by atoms with E-state index >= 15 is 0 Å². The summed E-state index contributed by atoms with van der Waals surface area (Å²) in [7, 11) is 0. The molecule has 0 aliphatic heterocycles. The van der Waals surface area contributed by atoms with Crippen LogP contribution < -0.4 is 5.56 Å². The highest BCUT2D eigenvalue weighted by atomic mass is 16.5. The maximum absolute atomic E-state index is 12.8.